The highest BCUT2D eigenvalue weighted by Crippen LogP contribution is 2.11. The van der Waals surface area contributed by atoms with Crippen LogP contribution < -0.4 is 14.8 Å². The second kappa shape index (κ2) is 6.91. The molecule has 0 spiro atoms. The van der Waals surface area contributed by atoms with E-state index in [0.717, 1.165) is 0 Å². The summed E-state index contributed by atoms with van der Waals surface area (Å²) in [5.74, 6) is 0.179. The third kappa shape index (κ3) is 6.59. The lowest BCUT2D eigenvalue weighted by atomic mass is 10.1. The van der Waals surface area contributed by atoms with Crippen LogP contribution in [0.25, 0.3) is 0 Å². The van der Waals surface area contributed by atoms with E-state index in [2.05, 4.69) is 10.0 Å². The Morgan fingerprint density at radius 3 is 2.24 bits per heavy atom. The second-order valence-electron chi connectivity index (χ2n) is 5.66. The number of carbonyl (C=O) groups excluding carboxylic acids is 1. The molecule has 0 radical (unpaired) electrons. The Kier molecular flexibility index (Phi) is 5.74. The molecule has 118 valence electrons. The lowest BCUT2D eigenvalue weighted by molar-refractivity contribution is 0.0956. The average molecular weight is 314 g/mol. The van der Waals surface area contributed by atoms with Gasteiger partial charge in [-0.15, -0.1) is 0 Å². The van der Waals surface area contributed by atoms with Crippen molar-refractivity contribution in [2.24, 2.45) is 0 Å². The summed E-state index contributed by atoms with van der Waals surface area (Å²) < 4.78 is 31.1. The van der Waals surface area contributed by atoms with Gasteiger partial charge in [-0.25, -0.2) is 13.1 Å². The average Bonchev–Trinajstić information content (AvgIpc) is 2.35. The van der Waals surface area contributed by atoms with E-state index in [1.54, 1.807) is 52.1 Å². The summed E-state index contributed by atoms with van der Waals surface area (Å²) in [5, 5.41) is 2.58. The molecule has 0 aliphatic carbocycles. The Labute approximate surface area is 125 Å². The zero-order valence-corrected chi connectivity index (χ0v) is 13.6. The fourth-order valence-corrected chi connectivity index (χ4v) is 3.07. The largest absolute Gasteiger partial charge is 0.497 e. The highest BCUT2D eigenvalue weighted by molar-refractivity contribution is 7.89. The van der Waals surface area contributed by atoms with Crippen molar-refractivity contribution in [3.8, 4) is 5.75 Å². The molecule has 1 rings (SSSR count). The summed E-state index contributed by atoms with van der Waals surface area (Å²) in [5.41, 5.74) is -0.0734. The van der Waals surface area contributed by atoms with E-state index in [1.807, 2.05) is 0 Å². The van der Waals surface area contributed by atoms with Crippen molar-refractivity contribution in [2.75, 3.05) is 19.4 Å². The zero-order valence-electron chi connectivity index (χ0n) is 12.8. The molecule has 0 aliphatic heterocycles. The molecule has 1 aromatic rings. The zero-order chi connectivity index (χ0) is 16.1. The smallest absolute Gasteiger partial charge is 0.251 e. The molecular weight excluding hydrogens is 292 g/mol. The minimum absolute atomic E-state index is 0.0519. The molecular formula is C14H22N2O4S. The van der Waals surface area contributed by atoms with Crippen LogP contribution in [0.3, 0.4) is 0 Å². The predicted molar refractivity (Wildman–Crippen MR) is 82.0 cm³/mol. The van der Waals surface area contributed by atoms with E-state index in [4.69, 9.17) is 4.74 Å². The fourth-order valence-electron chi connectivity index (χ4n) is 1.66. The SMILES string of the molecule is COc1ccc(C(=O)NCCS(=O)(=O)NC(C)(C)C)cc1. The van der Waals surface area contributed by atoms with Crippen LogP contribution in [0, 0.1) is 0 Å². The second-order valence-corrected chi connectivity index (χ2v) is 7.50. The molecule has 0 unspecified atom stereocenters. The molecule has 1 amide bonds. The Balaban J connectivity index is 2.50. The maximum Gasteiger partial charge on any atom is 0.251 e. The maximum atomic E-state index is 11.8. The molecule has 0 saturated heterocycles. The molecule has 1 aromatic carbocycles. The summed E-state index contributed by atoms with van der Waals surface area (Å²) in [6.45, 7) is 5.34. The Bertz CT molecular complexity index is 574. The third-order valence-electron chi connectivity index (χ3n) is 2.47. The van der Waals surface area contributed by atoms with Crippen LogP contribution >= 0.6 is 0 Å². The first-order valence-electron chi connectivity index (χ1n) is 6.57. The van der Waals surface area contributed by atoms with Crippen molar-refractivity contribution < 1.29 is 17.9 Å². The van der Waals surface area contributed by atoms with Gasteiger partial charge in [0.15, 0.2) is 0 Å². The van der Waals surface area contributed by atoms with Crippen LogP contribution in [-0.2, 0) is 10.0 Å². The van der Waals surface area contributed by atoms with Gasteiger partial charge in [-0.3, -0.25) is 4.79 Å². The van der Waals surface area contributed by atoms with Crippen LogP contribution in [0.4, 0.5) is 0 Å². The summed E-state index contributed by atoms with van der Waals surface area (Å²) in [6.07, 6.45) is 0. The van der Waals surface area contributed by atoms with Crippen LogP contribution in [0.15, 0.2) is 24.3 Å². The van der Waals surface area contributed by atoms with Gasteiger partial charge in [0.05, 0.1) is 12.9 Å². The minimum atomic E-state index is -3.41. The molecule has 0 atom stereocenters. The van der Waals surface area contributed by atoms with E-state index in [9.17, 15) is 13.2 Å². The Morgan fingerprint density at radius 1 is 1.19 bits per heavy atom. The van der Waals surface area contributed by atoms with Crippen molar-refractivity contribution in [1.82, 2.24) is 10.0 Å². The van der Waals surface area contributed by atoms with Crippen molar-refractivity contribution >= 4 is 15.9 Å². The number of benzene rings is 1. The van der Waals surface area contributed by atoms with Gasteiger partial charge < -0.3 is 10.1 Å². The fraction of sp³-hybridized carbons (Fsp3) is 0.500. The number of amides is 1. The number of ether oxygens (including phenoxy) is 1. The normalized spacial score (nSPS) is 12.0. The molecule has 0 fully saturated rings. The summed E-state index contributed by atoms with van der Waals surface area (Å²) in [7, 11) is -1.87. The van der Waals surface area contributed by atoms with E-state index in [-0.39, 0.29) is 18.2 Å². The lowest BCUT2D eigenvalue weighted by Crippen LogP contribution is -2.43. The topological polar surface area (TPSA) is 84.5 Å². The van der Waals surface area contributed by atoms with Crippen molar-refractivity contribution in [1.29, 1.82) is 0 Å². The van der Waals surface area contributed by atoms with Crippen LogP contribution in [0.5, 0.6) is 5.75 Å². The number of hydrogen-bond donors (Lipinski definition) is 2. The summed E-state index contributed by atoms with van der Waals surface area (Å²) in [4.78, 5) is 11.8. The highest BCUT2D eigenvalue weighted by atomic mass is 32.2. The summed E-state index contributed by atoms with van der Waals surface area (Å²) >= 11 is 0. The number of nitrogens with one attached hydrogen (secondary N) is 2. The number of hydrogen-bond acceptors (Lipinski definition) is 4. The lowest BCUT2D eigenvalue weighted by Gasteiger charge is -2.20. The molecule has 0 aromatic heterocycles. The van der Waals surface area contributed by atoms with Crippen LogP contribution in [-0.4, -0.2) is 39.3 Å². The first-order chi connectivity index (χ1) is 9.63. The predicted octanol–water partition coefficient (Wildman–Crippen LogP) is 1.14. The number of carbonyl (C=O) groups is 1. The first kappa shape index (κ1) is 17.5. The van der Waals surface area contributed by atoms with E-state index in [1.165, 1.54) is 0 Å². The van der Waals surface area contributed by atoms with Gasteiger partial charge >= 0.3 is 0 Å². The molecule has 7 heteroatoms. The molecule has 2 N–H and O–H groups in total. The third-order valence-corrected chi connectivity index (χ3v) is 4.14. The van der Waals surface area contributed by atoms with Gasteiger partial charge in [0.2, 0.25) is 10.0 Å². The van der Waals surface area contributed by atoms with Crippen LogP contribution in [0.1, 0.15) is 31.1 Å². The number of methoxy groups -OCH3 is 1. The maximum absolute atomic E-state index is 11.8. The summed E-state index contributed by atoms with van der Waals surface area (Å²) in [6, 6.07) is 6.59. The van der Waals surface area contributed by atoms with E-state index in [0.29, 0.717) is 11.3 Å². The van der Waals surface area contributed by atoms with Gasteiger partial charge in [-0.1, -0.05) is 0 Å². The van der Waals surface area contributed by atoms with Gasteiger partial charge in [0.25, 0.3) is 5.91 Å². The van der Waals surface area contributed by atoms with Crippen molar-refractivity contribution in [3.63, 3.8) is 0 Å². The molecule has 6 nitrogen and oxygen atoms in total. The van der Waals surface area contributed by atoms with Crippen molar-refractivity contribution in [3.05, 3.63) is 29.8 Å². The Hall–Kier alpha value is -1.60. The highest BCUT2D eigenvalue weighted by Gasteiger charge is 2.19. The van der Waals surface area contributed by atoms with Gasteiger partial charge in [-0.2, -0.15) is 0 Å². The molecule has 21 heavy (non-hydrogen) atoms. The minimum Gasteiger partial charge on any atom is -0.497 e. The molecule has 0 heterocycles. The Morgan fingerprint density at radius 2 is 1.76 bits per heavy atom. The monoisotopic (exact) mass is 314 g/mol. The standard InChI is InChI=1S/C14H22N2O4S/c1-14(2,3)16-21(18,19)10-9-15-13(17)11-5-7-12(20-4)8-6-11/h5-8,16H,9-10H2,1-4H3,(H,15,17). The molecule has 0 bridgehead atoms. The molecule has 0 aliphatic rings. The molecule has 0 saturated carbocycles. The van der Waals surface area contributed by atoms with Crippen LogP contribution in [0.2, 0.25) is 0 Å². The first-order valence-corrected chi connectivity index (χ1v) is 8.22. The quantitative estimate of drug-likeness (QED) is 0.825. The van der Waals surface area contributed by atoms with E-state index >= 15 is 0 Å². The van der Waals surface area contributed by atoms with Crippen molar-refractivity contribution in [2.45, 2.75) is 26.3 Å². The van der Waals surface area contributed by atoms with Gasteiger partial charge in [0, 0.05) is 17.6 Å². The number of sulfonamides is 1. The van der Waals surface area contributed by atoms with Gasteiger partial charge in [0.1, 0.15) is 5.75 Å². The number of rotatable bonds is 6. The van der Waals surface area contributed by atoms with Gasteiger partial charge in [-0.05, 0) is 45.0 Å². The van der Waals surface area contributed by atoms with E-state index < -0.39 is 15.6 Å².